The van der Waals surface area contributed by atoms with Gasteiger partial charge in [-0.15, -0.1) is 0 Å². The molecule has 0 unspecified atom stereocenters. The molecule has 0 saturated heterocycles. The zero-order valence-corrected chi connectivity index (χ0v) is 14.9. The van der Waals surface area contributed by atoms with Crippen LogP contribution in [0.5, 0.6) is 0 Å². The molecule has 0 aliphatic rings. The second-order valence-corrected chi connectivity index (χ2v) is 7.63. The second-order valence-electron chi connectivity index (χ2n) is 5.54. The van der Waals surface area contributed by atoms with Crippen LogP contribution in [-0.4, -0.2) is 44.0 Å². The van der Waals surface area contributed by atoms with Crippen LogP contribution in [-0.2, 0) is 10.0 Å². The van der Waals surface area contributed by atoms with E-state index in [9.17, 15) is 13.2 Å². The lowest BCUT2D eigenvalue weighted by atomic mass is 10.2. The molecule has 0 spiro atoms. The van der Waals surface area contributed by atoms with Crippen LogP contribution in [0.2, 0.25) is 0 Å². The van der Waals surface area contributed by atoms with Crippen molar-refractivity contribution < 1.29 is 13.2 Å². The first-order valence-electron chi connectivity index (χ1n) is 8.32. The molecule has 130 valence electrons. The lowest BCUT2D eigenvalue weighted by molar-refractivity contribution is 0.0956. The number of benzene rings is 1. The number of amides is 1. The standard InChI is InChI=1S/C17H28N2O3S/c1-3-5-13-19(14-6-4-2)23(21,22)15-12-18-17(20)16-10-8-7-9-11-16/h7-11H,3-6,12-15H2,1-2H3,(H,18,20). The van der Waals surface area contributed by atoms with Gasteiger partial charge in [0.05, 0.1) is 5.75 Å². The number of unbranched alkanes of at least 4 members (excludes halogenated alkanes) is 2. The third kappa shape index (κ3) is 7.14. The molecule has 1 rings (SSSR count). The molecule has 0 heterocycles. The number of hydrogen-bond donors (Lipinski definition) is 1. The van der Waals surface area contributed by atoms with Gasteiger partial charge in [0, 0.05) is 25.2 Å². The number of rotatable bonds is 11. The van der Waals surface area contributed by atoms with Crippen LogP contribution < -0.4 is 5.32 Å². The molecule has 0 aromatic heterocycles. The number of carbonyl (C=O) groups excluding carboxylic acids is 1. The Labute approximate surface area is 140 Å². The topological polar surface area (TPSA) is 66.5 Å². The van der Waals surface area contributed by atoms with Gasteiger partial charge in [0.2, 0.25) is 10.0 Å². The highest BCUT2D eigenvalue weighted by Gasteiger charge is 2.21. The Morgan fingerprint density at radius 2 is 1.61 bits per heavy atom. The van der Waals surface area contributed by atoms with Crippen LogP contribution in [0.1, 0.15) is 49.9 Å². The predicted octanol–water partition coefficient (Wildman–Crippen LogP) is 2.65. The summed E-state index contributed by atoms with van der Waals surface area (Å²) in [7, 11) is -3.33. The minimum atomic E-state index is -3.33. The van der Waals surface area contributed by atoms with Crippen LogP contribution in [0.3, 0.4) is 0 Å². The second kappa shape index (κ2) is 10.4. The van der Waals surface area contributed by atoms with Crippen molar-refractivity contribution in [2.24, 2.45) is 0 Å². The molecule has 1 aromatic rings. The van der Waals surface area contributed by atoms with E-state index in [2.05, 4.69) is 5.32 Å². The SMILES string of the molecule is CCCCN(CCCC)S(=O)(=O)CCNC(=O)c1ccccc1. The third-order valence-corrected chi connectivity index (χ3v) is 5.47. The summed E-state index contributed by atoms with van der Waals surface area (Å²) in [6, 6.07) is 8.81. The summed E-state index contributed by atoms with van der Waals surface area (Å²) in [6.07, 6.45) is 3.64. The molecule has 23 heavy (non-hydrogen) atoms. The Hall–Kier alpha value is -1.40. The molecule has 0 saturated carbocycles. The molecule has 0 radical (unpaired) electrons. The van der Waals surface area contributed by atoms with Gasteiger partial charge >= 0.3 is 0 Å². The van der Waals surface area contributed by atoms with Gasteiger partial charge in [-0.05, 0) is 25.0 Å². The largest absolute Gasteiger partial charge is 0.351 e. The molecule has 5 nitrogen and oxygen atoms in total. The van der Waals surface area contributed by atoms with Crippen molar-refractivity contribution >= 4 is 15.9 Å². The normalized spacial score (nSPS) is 11.6. The van der Waals surface area contributed by atoms with Crippen molar-refractivity contribution in [3.63, 3.8) is 0 Å². The highest BCUT2D eigenvalue weighted by molar-refractivity contribution is 7.89. The maximum atomic E-state index is 12.4. The van der Waals surface area contributed by atoms with E-state index in [1.54, 1.807) is 28.6 Å². The first-order valence-corrected chi connectivity index (χ1v) is 9.93. The molecule has 0 aliphatic carbocycles. The van der Waals surface area contributed by atoms with E-state index < -0.39 is 10.0 Å². The summed E-state index contributed by atoms with van der Waals surface area (Å²) in [4.78, 5) is 11.9. The van der Waals surface area contributed by atoms with Crippen LogP contribution in [0, 0.1) is 0 Å². The van der Waals surface area contributed by atoms with Gasteiger partial charge in [-0.25, -0.2) is 12.7 Å². The van der Waals surface area contributed by atoms with Crippen LogP contribution in [0.4, 0.5) is 0 Å². The van der Waals surface area contributed by atoms with Gasteiger partial charge in [0.15, 0.2) is 0 Å². The molecular weight excluding hydrogens is 312 g/mol. The first kappa shape index (κ1) is 19.6. The predicted molar refractivity (Wildman–Crippen MR) is 94.0 cm³/mol. The lowest BCUT2D eigenvalue weighted by Crippen LogP contribution is -2.38. The Balaban J connectivity index is 2.53. The summed E-state index contributed by atoms with van der Waals surface area (Å²) in [5.74, 6) is -0.298. The molecule has 1 N–H and O–H groups in total. The van der Waals surface area contributed by atoms with Crippen molar-refractivity contribution in [1.82, 2.24) is 9.62 Å². The smallest absolute Gasteiger partial charge is 0.251 e. The molecular formula is C17H28N2O3S. The number of carbonyl (C=O) groups is 1. The summed E-state index contributed by atoms with van der Waals surface area (Å²) >= 11 is 0. The number of sulfonamides is 1. The summed E-state index contributed by atoms with van der Waals surface area (Å²) in [6.45, 7) is 5.34. The number of hydrogen-bond acceptors (Lipinski definition) is 3. The fraction of sp³-hybridized carbons (Fsp3) is 0.588. The summed E-state index contributed by atoms with van der Waals surface area (Å²) < 4.78 is 26.4. The quantitative estimate of drug-likeness (QED) is 0.673. The van der Waals surface area contributed by atoms with E-state index in [0.717, 1.165) is 25.7 Å². The van der Waals surface area contributed by atoms with E-state index in [-0.39, 0.29) is 18.2 Å². The molecule has 0 bridgehead atoms. The molecule has 1 aromatic carbocycles. The highest BCUT2D eigenvalue weighted by atomic mass is 32.2. The van der Waals surface area contributed by atoms with E-state index in [1.165, 1.54) is 0 Å². The van der Waals surface area contributed by atoms with Crippen molar-refractivity contribution in [1.29, 1.82) is 0 Å². The Morgan fingerprint density at radius 1 is 1.04 bits per heavy atom. The Morgan fingerprint density at radius 3 is 2.13 bits per heavy atom. The highest BCUT2D eigenvalue weighted by Crippen LogP contribution is 2.07. The fourth-order valence-electron chi connectivity index (χ4n) is 2.17. The molecule has 1 amide bonds. The average molecular weight is 340 g/mol. The van der Waals surface area contributed by atoms with E-state index in [4.69, 9.17) is 0 Å². The number of nitrogens with one attached hydrogen (secondary N) is 1. The Bertz CT molecular complexity index is 550. The van der Waals surface area contributed by atoms with Crippen molar-refractivity contribution in [2.75, 3.05) is 25.4 Å². The van der Waals surface area contributed by atoms with Gasteiger partial charge < -0.3 is 5.32 Å². The zero-order valence-electron chi connectivity index (χ0n) is 14.1. The maximum Gasteiger partial charge on any atom is 0.251 e. The van der Waals surface area contributed by atoms with Gasteiger partial charge in [0.25, 0.3) is 5.91 Å². The molecule has 0 aliphatic heterocycles. The Kier molecular flexibility index (Phi) is 8.87. The van der Waals surface area contributed by atoms with E-state index in [1.807, 2.05) is 19.9 Å². The summed E-state index contributed by atoms with van der Waals surface area (Å²) in [5.41, 5.74) is 0.540. The van der Waals surface area contributed by atoms with Crippen molar-refractivity contribution in [2.45, 2.75) is 39.5 Å². The van der Waals surface area contributed by atoms with Gasteiger partial charge in [-0.1, -0.05) is 44.9 Å². The first-order chi connectivity index (χ1) is 11.0. The van der Waals surface area contributed by atoms with E-state index in [0.29, 0.717) is 18.7 Å². The van der Waals surface area contributed by atoms with Gasteiger partial charge in [-0.3, -0.25) is 4.79 Å². The monoisotopic (exact) mass is 340 g/mol. The van der Waals surface area contributed by atoms with Crippen LogP contribution >= 0.6 is 0 Å². The lowest BCUT2D eigenvalue weighted by Gasteiger charge is -2.22. The van der Waals surface area contributed by atoms with Gasteiger partial charge in [0.1, 0.15) is 0 Å². The zero-order chi connectivity index (χ0) is 17.1. The van der Waals surface area contributed by atoms with Crippen molar-refractivity contribution in [3.8, 4) is 0 Å². The fourth-order valence-corrected chi connectivity index (χ4v) is 3.61. The third-order valence-electron chi connectivity index (χ3n) is 3.60. The summed E-state index contributed by atoms with van der Waals surface area (Å²) in [5, 5.41) is 2.68. The average Bonchev–Trinajstić information content (AvgIpc) is 2.55. The van der Waals surface area contributed by atoms with E-state index >= 15 is 0 Å². The minimum absolute atomic E-state index is 0.0565. The van der Waals surface area contributed by atoms with Gasteiger partial charge in [-0.2, -0.15) is 0 Å². The van der Waals surface area contributed by atoms with Crippen molar-refractivity contribution in [3.05, 3.63) is 35.9 Å². The number of nitrogens with zero attached hydrogens (tertiary/aromatic N) is 1. The molecule has 6 heteroatoms. The maximum absolute atomic E-state index is 12.4. The minimum Gasteiger partial charge on any atom is -0.351 e. The van der Waals surface area contributed by atoms with Crippen LogP contribution in [0.15, 0.2) is 30.3 Å². The van der Waals surface area contributed by atoms with Crippen LogP contribution in [0.25, 0.3) is 0 Å². The molecule has 0 fully saturated rings. The molecule has 0 atom stereocenters.